The zero-order valence-corrected chi connectivity index (χ0v) is 12.1. The Morgan fingerprint density at radius 2 is 2.05 bits per heavy atom. The quantitative estimate of drug-likeness (QED) is 0.646. The maximum Gasteiger partial charge on any atom is 0.191 e. The van der Waals surface area contributed by atoms with Gasteiger partial charge in [0, 0.05) is 32.1 Å². The minimum absolute atomic E-state index is 0.702. The number of hydrogen-bond donors (Lipinski definition) is 2. The van der Waals surface area contributed by atoms with Crippen LogP contribution in [0.25, 0.3) is 0 Å². The molecule has 0 unspecified atom stereocenters. The maximum absolute atomic E-state index is 4.42. The zero-order valence-electron chi connectivity index (χ0n) is 11.3. The van der Waals surface area contributed by atoms with Crippen LogP contribution in [0.2, 0.25) is 0 Å². The third kappa shape index (κ3) is 3.57. The molecule has 0 bridgehead atoms. The third-order valence-electron chi connectivity index (χ3n) is 2.75. The van der Waals surface area contributed by atoms with Gasteiger partial charge < -0.3 is 10.6 Å². The van der Waals surface area contributed by atoms with Crippen molar-refractivity contribution in [1.29, 1.82) is 0 Å². The lowest BCUT2D eigenvalue weighted by molar-refractivity contribution is 0.954. The van der Waals surface area contributed by atoms with E-state index in [-0.39, 0.29) is 0 Å². The fraction of sp³-hybridized carbons (Fsp3) is 0.308. The van der Waals surface area contributed by atoms with E-state index in [1.165, 1.54) is 17.3 Å². The summed E-state index contributed by atoms with van der Waals surface area (Å²) in [5.74, 6) is 1.62. The monoisotopic (exact) mass is 275 g/mol. The largest absolute Gasteiger partial charge is 0.373 e. The molecule has 2 aromatic rings. The summed E-state index contributed by atoms with van der Waals surface area (Å²) in [5.41, 5.74) is 2.38. The molecule has 0 aliphatic carbocycles. The lowest BCUT2D eigenvalue weighted by Gasteiger charge is -2.10. The second-order valence-electron chi connectivity index (χ2n) is 4.03. The summed E-state index contributed by atoms with van der Waals surface area (Å²) in [6.45, 7) is 2.78. The predicted molar refractivity (Wildman–Crippen MR) is 79.7 cm³/mol. The third-order valence-corrected chi connectivity index (χ3v) is 3.30. The van der Waals surface area contributed by atoms with Gasteiger partial charge in [-0.3, -0.25) is 4.98 Å². The van der Waals surface area contributed by atoms with Crippen molar-refractivity contribution in [2.24, 2.45) is 0 Å². The summed E-state index contributed by atoms with van der Waals surface area (Å²) in [6, 6.07) is 3.90. The van der Waals surface area contributed by atoms with E-state index in [9.17, 15) is 0 Å². The summed E-state index contributed by atoms with van der Waals surface area (Å²) in [5, 5.41) is 7.09. The first-order valence-electron chi connectivity index (χ1n) is 5.97. The summed E-state index contributed by atoms with van der Waals surface area (Å²) in [6.07, 6.45) is 5.64. The van der Waals surface area contributed by atoms with Crippen molar-refractivity contribution in [3.8, 4) is 0 Å². The van der Waals surface area contributed by atoms with Gasteiger partial charge in [0.2, 0.25) is 0 Å². The van der Waals surface area contributed by atoms with Crippen LogP contribution in [0.5, 0.6) is 0 Å². The standard InChI is InChI=1S/C13H17N5S/c1-9-4-5-15-7-10(9)8-16-12-6-11(14-2)17-13(18-12)19-3/h4-7H,8H2,1-3H3,(H2,14,16,17,18). The lowest BCUT2D eigenvalue weighted by atomic mass is 10.1. The van der Waals surface area contributed by atoms with Crippen molar-refractivity contribution in [2.45, 2.75) is 18.6 Å². The average molecular weight is 275 g/mol. The molecule has 0 saturated carbocycles. The van der Waals surface area contributed by atoms with Gasteiger partial charge in [-0.05, 0) is 30.4 Å². The highest BCUT2D eigenvalue weighted by molar-refractivity contribution is 7.98. The lowest BCUT2D eigenvalue weighted by Crippen LogP contribution is -2.05. The highest BCUT2D eigenvalue weighted by Gasteiger charge is 2.04. The van der Waals surface area contributed by atoms with Crippen LogP contribution in [0.15, 0.2) is 29.7 Å². The van der Waals surface area contributed by atoms with Crippen LogP contribution < -0.4 is 10.6 Å². The molecule has 0 saturated heterocycles. The van der Waals surface area contributed by atoms with E-state index < -0.39 is 0 Å². The van der Waals surface area contributed by atoms with Gasteiger partial charge >= 0.3 is 0 Å². The molecule has 2 aromatic heterocycles. The van der Waals surface area contributed by atoms with Crippen LogP contribution >= 0.6 is 11.8 Å². The molecule has 19 heavy (non-hydrogen) atoms. The van der Waals surface area contributed by atoms with Gasteiger partial charge in [-0.25, -0.2) is 9.97 Å². The highest BCUT2D eigenvalue weighted by Crippen LogP contribution is 2.17. The topological polar surface area (TPSA) is 62.7 Å². The van der Waals surface area contributed by atoms with Gasteiger partial charge in [-0.1, -0.05) is 11.8 Å². The number of nitrogens with zero attached hydrogens (tertiary/aromatic N) is 3. The van der Waals surface area contributed by atoms with Crippen LogP contribution in [0.3, 0.4) is 0 Å². The van der Waals surface area contributed by atoms with E-state index in [0.29, 0.717) is 6.54 Å². The molecule has 0 radical (unpaired) electrons. The van der Waals surface area contributed by atoms with E-state index in [4.69, 9.17) is 0 Å². The molecular weight excluding hydrogens is 258 g/mol. The van der Waals surface area contributed by atoms with E-state index >= 15 is 0 Å². The van der Waals surface area contributed by atoms with Crippen LogP contribution in [-0.2, 0) is 6.54 Å². The number of pyridine rings is 1. The van der Waals surface area contributed by atoms with Gasteiger partial charge in [-0.2, -0.15) is 0 Å². The van der Waals surface area contributed by atoms with E-state index in [2.05, 4.69) is 32.5 Å². The minimum atomic E-state index is 0.702. The molecule has 6 heteroatoms. The van der Waals surface area contributed by atoms with Crippen molar-refractivity contribution in [3.63, 3.8) is 0 Å². The maximum atomic E-state index is 4.42. The van der Waals surface area contributed by atoms with Crippen molar-refractivity contribution in [3.05, 3.63) is 35.7 Å². The molecule has 5 nitrogen and oxygen atoms in total. The summed E-state index contributed by atoms with van der Waals surface area (Å²) in [7, 11) is 1.85. The zero-order chi connectivity index (χ0) is 13.7. The molecule has 2 N–H and O–H groups in total. The summed E-state index contributed by atoms with van der Waals surface area (Å²) < 4.78 is 0. The molecule has 2 heterocycles. The van der Waals surface area contributed by atoms with Gasteiger partial charge in [0.15, 0.2) is 5.16 Å². The number of aryl methyl sites for hydroxylation is 1. The molecule has 0 atom stereocenters. The van der Waals surface area contributed by atoms with Gasteiger partial charge in [-0.15, -0.1) is 0 Å². The first-order chi connectivity index (χ1) is 9.22. The Kier molecular flexibility index (Phi) is 4.57. The molecule has 0 aliphatic rings. The number of anilines is 2. The van der Waals surface area contributed by atoms with Crippen LogP contribution in [-0.4, -0.2) is 28.3 Å². The number of aromatic nitrogens is 3. The van der Waals surface area contributed by atoms with E-state index in [1.54, 1.807) is 6.20 Å². The normalized spacial score (nSPS) is 10.3. The molecule has 0 amide bonds. The van der Waals surface area contributed by atoms with Crippen molar-refractivity contribution in [1.82, 2.24) is 15.0 Å². The Morgan fingerprint density at radius 3 is 2.74 bits per heavy atom. The summed E-state index contributed by atoms with van der Waals surface area (Å²) in [4.78, 5) is 12.9. The Balaban J connectivity index is 2.13. The van der Waals surface area contributed by atoms with E-state index in [1.807, 2.05) is 31.6 Å². The number of rotatable bonds is 5. The fourth-order valence-corrected chi connectivity index (χ4v) is 1.98. The molecule has 100 valence electrons. The first kappa shape index (κ1) is 13.6. The van der Waals surface area contributed by atoms with Crippen LogP contribution in [0.1, 0.15) is 11.1 Å². The number of hydrogen-bond acceptors (Lipinski definition) is 6. The number of nitrogens with one attached hydrogen (secondary N) is 2. The Bertz CT molecular complexity index is 536. The van der Waals surface area contributed by atoms with Crippen LogP contribution in [0, 0.1) is 6.92 Å². The van der Waals surface area contributed by atoms with E-state index in [0.717, 1.165) is 22.4 Å². The number of thioether (sulfide) groups is 1. The molecule has 2 rings (SSSR count). The van der Waals surface area contributed by atoms with Crippen molar-refractivity contribution >= 4 is 23.4 Å². The van der Waals surface area contributed by atoms with Gasteiger partial charge in [0.25, 0.3) is 0 Å². The Hall–Kier alpha value is -1.82. The average Bonchev–Trinajstić information content (AvgIpc) is 2.46. The predicted octanol–water partition coefficient (Wildman–Crippen LogP) is 2.56. The fourth-order valence-electron chi connectivity index (χ4n) is 1.60. The molecule has 0 aromatic carbocycles. The second kappa shape index (κ2) is 6.38. The van der Waals surface area contributed by atoms with Gasteiger partial charge in [0.05, 0.1) is 0 Å². The molecule has 0 spiro atoms. The smallest absolute Gasteiger partial charge is 0.191 e. The molecular formula is C13H17N5S. The van der Waals surface area contributed by atoms with Gasteiger partial charge in [0.1, 0.15) is 11.6 Å². The second-order valence-corrected chi connectivity index (χ2v) is 4.80. The minimum Gasteiger partial charge on any atom is -0.373 e. The van der Waals surface area contributed by atoms with Crippen molar-refractivity contribution < 1.29 is 0 Å². The molecule has 0 fully saturated rings. The summed E-state index contributed by atoms with van der Waals surface area (Å²) >= 11 is 1.52. The SMILES string of the molecule is CNc1cc(NCc2cnccc2C)nc(SC)n1. The van der Waals surface area contributed by atoms with Crippen molar-refractivity contribution in [2.75, 3.05) is 23.9 Å². The highest BCUT2D eigenvalue weighted by atomic mass is 32.2. The van der Waals surface area contributed by atoms with Crippen LogP contribution in [0.4, 0.5) is 11.6 Å². The first-order valence-corrected chi connectivity index (χ1v) is 7.19. The molecule has 0 aliphatic heterocycles. The Morgan fingerprint density at radius 1 is 1.26 bits per heavy atom. The Labute approximate surface area is 117 Å².